The van der Waals surface area contributed by atoms with Crippen molar-refractivity contribution < 1.29 is 33.4 Å². The molecule has 0 spiro atoms. The minimum Gasteiger partial charge on any atom is -0.495 e. The number of nitrogens with one attached hydrogen (secondary N) is 3. The van der Waals surface area contributed by atoms with Crippen molar-refractivity contribution in [1.29, 1.82) is 0 Å². The van der Waals surface area contributed by atoms with Crippen LogP contribution in [0.5, 0.6) is 17.2 Å². The Morgan fingerprint density at radius 3 is 2.37 bits per heavy atom. The number of amides is 5. The summed E-state index contributed by atoms with van der Waals surface area (Å²) >= 11 is 6.41. The fraction of sp³-hybridized carbons (Fsp3) is 0.172. The van der Waals surface area contributed by atoms with Crippen LogP contribution in [0.15, 0.2) is 66.4 Å². The molecule has 5 amide bonds. The van der Waals surface area contributed by atoms with Gasteiger partial charge in [-0.3, -0.25) is 14.4 Å². The first-order valence-electron chi connectivity index (χ1n) is 12.3. The molecule has 1 aliphatic heterocycles. The molecule has 0 radical (unpaired) electrons. The Morgan fingerprint density at radius 2 is 1.66 bits per heavy atom. The number of aryl methyl sites for hydroxylation is 1. The number of nitrogens with zero attached hydrogens (tertiary/aromatic N) is 1. The average molecular weight is 579 g/mol. The number of benzene rings is 3. The van der Waals surface area contributed by atoms with Crippen molar-refractivity contribution in [2.75, 3.05) is 38.0 Å². The van der Waals surface area contributed by atoms with Gasteiger partial charge in [-0.05, 0) is 55.0 Å². The van der Waals surface area contributed by atoms with Crippen molar-refractivity contribution in [2.24, 2.45) is 0 Å². The summed E-state index contributed by atoms with van der Waals surface area (Å²) in [5, 5.41) is 7.92. The molecule has 1 fully saturated rings. The Bertz CT molecular complexity index is 1520. The van der Waals surface area contributed by atoms with Crippen LogP contribution in [0.4, 0.5) is 16.2 Å². The number of rotatable bonds is 10. The van der Waals surface area contributed by atoms with Gasteiger partial charge >= 0.3 is 6.03 Å². The van der Waals surface area contributed by atoms with Gasteiger partial charge in [0.25, 0.3) is 11.8 Å². The lowest BCUT2D eigenvalue weighted by Crippen LogP contribution is -2.38. The number of imide groups is 1. The third-order valence-electron chi connectivity index (χ3n) is 5.89. The smallest absolute Gasteiger partial charge is 0.329 e. The van der Waals surface area contributed by atoms with Gasteiger partial charge in [0.15, 0.2) is 18.1 Å². The molecule has 0 saturated carbocycles. The average Bonchev–Trinajstić information content (AvgIpc) is 3.20. The first-order valence-corrected chi connectivity index (χ1v) is 12.7. The van der Waals surface area contributed by atoms with Gasteiger partial charge in [-0.25, -0.2) is 9.69 Å². The van der Waals surface area contributed by atoms with Crippen LogP contribution in [0.1, 0.15) is 11.1 Å². The third-order valence-corrected chi connectivity index (χ3v) is 6.17. The summed E-state index contributed by atoms with van der Waals surface area (Å²) in [4.78, 5) is 51.1. The highest BCUT2D eigenvalue weighted by atomic mass is 35.5. The van der Waals surface area contributed by atoms with E-state index in [1.54, 1.807) is 36.4 Å². The molecule has 3 aromatic rings. The number of urea groups is 1. The lowest BCUT2D eigenvalue weighted by atomic mass is 10.1. The standard InChI is InChI=1S/C29H27ClN4O7/c1-17-8-10-19(11-9-17)31-26(36)16-41-27-20(30)12-18(14-24(27)40-3)13-22-28(37)34(29(38)33-22)15-25(35)32-21-6-4-5-7-23(21)39-2/h4-14H,15-16H2,1-3H3,(H,31,36)(H,32,35)(H,33,38)/b22-13+. The van der Waals surface area contributed by atoms with Gasteiger partial charge in [-0.15, -0.1) is 0 Å². The van der Waals surface area contributed by atoms with E-state index in [0.717, 1.165) is 10.5 Å². The summed E-state index contributed by atoms with van der Waals surface area (Å²) < 4.78 is 16.2. The monoisotopic (exact) mass is 578 g/mol. The number of hydrogen-bond acceptors (Lipinski definition) is 7. The van der Waals surface area contributed by atoms with Gasteiger partial charge in [-0.1, -0.05) is 41.4 Å². The number of carbonyl (C=O) groups excluding carboxylic acids is 4. The van der Waals surface area contributed by atoms with E-state index in [1.165, 1.54) is 32.4 Å². The number of carbonyl (C=O) groups is 4. The molecule has 1 heterocycles. The Balaban J connectivity index is 1.42. The highest BCUT2D eigenvalue weighted by Crippen LogP contribution is 2.37. The van der Waals surface area contributed by atoms with E-state index in [0.29, 0.717) is 22.7 Å². The molecule has 0 aromatic heterocycles. The van der Waals surface area contributed by atoms with E-state index in [-0.39, 0.29) is 28.8 Å². The fourth-order valence-corrected chi connectivity index (χ4v) is 4.17. The summed E-state index contributed by atoms with van der Waals surface area (Å²) in [7, 11) is 2.86. The van der Waals surface area contributed by atoms with Gasteiger partial charge in [0.05, 0.1) is 24.9 Å². The highest BCUT2D eigenvalue weighted by Gasteiger charge is 2.35. The zero-order valence-corrected chi connectivity index (χ0v) is 23.2. The van der Waals surface area contributed by atoms with Crippen LogP contribution in [-0.2, 0) is 14.4 Å². The maximum atomic E-state index is 12.9. The number of methoxy groups -OCH3 is 2. The van der Waals surface area contributed by atoms with E-state index in [1.807, 2.05) is 19.1 Å². The summed E-state index contributed by atoms with van der Waals surface area (Å²) in [6.45, 7) is 1.10. The number of para-hydroxylation sites is 2. The molecule has 212 valence electrons. The van der Waals surface area contributed by atoms with Crippen molar-refractivity contribution in [3.63, 3.8) is 0 Å². The second-order valence-electron chi connectivity index (χ2n) is 8.86. The normalized spacial score (nSPS) is 13.6. The molecular formula is C29H27ClN4O7. The fourth-order valence-electron chi connectivity index (χ4n) is 3.90. The van der Waals surface area contributed by atoms with Gasteiger partial charge in [0, 0.05) is 5.69 Å². The topological polar surface area (TPSA) is 135 Å². The Kier molecular flexibility index (Phi) is 9.10. The predicted octanol–water partition coefficient (Wildman–Crippen LogP) is 4.21. The van der Waals surface area contributed by atoms with Gasteiger partial charge in [-0.2, -0.15) is 0 Å². The van der Waals surface area contributed by atoms with Crippen molar-refractivity contribution in [1.82, 2.24) is 10.2 Å². The first-order chi connectivity index (χ1) is 19.7. The summed E-state index contributed by atoms with van der Waals surface area (Å²) in [5.41, 5.74) is 2.43. The second kappa shape index (κ2) is 12.9. The first kappa shape index (κ1) is 29.0. The molecule has 0 atom stereocenters. The molecule has 11 nitrogen and oxygen atoms in total. The number of hydrogen-bond donors (Lipinski definition) is 3. The minimum absolute atomic E-state index is 0.0654. The van der Waals surface area contributed by atoms with Crippen LogP contribution in [0.3, 0.4) is 0 Å². The molecular weight excluding hydrogens is 552 g/mol. The minimum atomic E-state index is -0.756. The van der Waals surface area contributed by atoms with E-state index >= 15 is 0 Å². The molecule has 0 aliphatic carbocycles. The number of ether oxygens (including phenoxy) is 3. The van der Waals surface area contributed by atoms with E-state index in [2.05, 4.69) is 16.0 Å². The molecule has 1 aliphatic rings. The molecule has 12 heteroatoms. The Hall–Kier alpha value is -5.03. The maximum absolute atomic E-state index is 12.9. The van der Waals surface area contributed by atoms with E-state index in [9.17, 15) is 19.2 Å². The van der Waals surface area contributed by atoms with Crippen LogP contribution in [0.25, 0.3) is 6.08 Å². The molecule has 4 rings (SSSR count). The van der Waals surface area contributed by atoms with Gasteiger partial charge in [0.2, 0.25) is 5.91 Å². The van der Waals surface area contributed by atoms with Gasteiger partial charge in [0.1, 0.15) is 18.0 Å². The van der Waals surface area contributed by atoms with E-state index in [4.69, 9.17) is 25.8 Å². The predicted molar refractivity (Wildman–Crippen MR) is 153 cm³/mol. The quantitative estimate of drug-likeness (QED) is 0.242. The van der Waals surface area contributed by atoms with Crippen LogP contribution in [0, 0.1) is 6.92 Å². The lowest BCUT2D eigenvalue weighted by Gasteiger charge is -2.14. The SMILES string of the molecule is COc1ccccc1NC(=O)CN1C(=O)N/C(=C/c2cc(Cl)c(OCC(=O)Nc3ccc(C)cc3)c(OC)c2)C1=O. The maximum Gasteiger partial charge on any atom is 0.329 e. The van der Waals surface area contributed by atoms with E-state index < -0.39 is 30.3 Å². The molecule has 0 unspecified atom stereocenters. The zero-order chi connectivity index (χ0) is 29.5. The van der Waals surface area contributed by atoms with Crippen LogP contribution < -0.4 is 30.2 Å². The molecule has 41 heavy (non-hydrogen) atoms. The summed E-state index contributed by atoms with van der Waals surface area (Å²) in [5.74, 6) is -0.912. The highest BCUT2D eigenvalue weighted by molar-refractivity contribution is 6.32. The zero-order valence-electron chi connectivity index (χ0n) is 22.4. The summed E-state index contributed by atoms with van der Waals surface area (Å²) in [6, 6.07) is 16.3. The molecule has 1 saturated heterocycles. The lowest BCUT2D eigenvalue weighted by molar-refractivity contribution is -0.127. The largest absolute Gasteiger partial charge is 0.495 e. The third kappa shape index (κ3) is 7.14. The van der Waals surface area contributed by atoms with Crippen LogP contribution in [-0.4, -0.2) is 56.0 Å². The number of halogens is 1. The Labute approximate surface area is 241 Å². The van der Waals surface area contributed by atoms with Gasteiger partial charge < -0.3 is 30.2 Å². The molecule has 3 N–H and O–H groups in total. The number of anilines is 2. The van der Waals surface area contributed by atoms with Crippen molar-refractivity contribution >= 4 is 52.8 Å². The van der Waals surface area contributed by atoms with Crippen LogP contribution >= 0.6 is 11.6 Å². The molecule has 3 aromatic carbocycles. The van der Waals surface area contributed by atoms with Crippen molar-refractivity contribution in [3.05, 3.63) is 82.5 Å². The van der Waals surface area contributed by atoms with Crippen LogP contribution in [0.2, 0.25) is 5.02 Å². The van der Waals surface area contributed by atoms with Crippen molar-refractivity contribution in [3.8, 4) is 17.2 Å². The Morgan fingerprint density at radius 1 is 0.951 bits per heavy atom. The van der Waals surface area contributed by atoms with Crippen molar-refractivity contribution in [2.45, 2.75) is 6.92 Å². The molecule has 0 bridgehead atoms. The second-order valence-corrected chi connectivity index (χ2v) is 9.27. The summed E-state index contributed by atoms with van der Waals surface area (Å²) in [6.07, 6.45) is 1.39.